The molecular weight excluding hydrogens is 214 g/mol. The van der Waals surface area contributed by atoms with Crippen molar-refractivity contribution in [3.8, 4) is 0 Å². The lowest BCUT2D eigenvalue weighted by atomic mass is 10.3. The van der Waals surface area contributed by atoms with E-state index < -0.39 is 0 Å². The number of carbonyl (C=O) groups is 2. The molecule has 1 atom stereocenters. The molecule has 15 heavy (non-hydrogen) atoms. The summed E-state index contributed by atoms with van der Waals surface area (Å²) in [5.41, 5.74) is 5.47. The average Bonchev–Trinajstić information content (AvgIpc) is 2.62. The molecule has 1 saturated heterocycles. The van der Waals surface area contributed by atoms with Crippen LogP contribution < -0.4 is 5.73 Å². The van der Waals surface area contributed by atoms with Crippen molar-refractivity contribution in [1.29, 1.82) is 0 Å². The van der Waals surface area contributed by atoms with Crippen LogP contribution in [0, 0.1) is 0 Å². The third-order valence-electron chi connectivity index (χ3n) is 2.57. The fraction of sp³-hybridized carbons (Fsp3) is 0.778. The van der Waals surface area contributed by atoms with Gasteiger partial charge < -0.3 is 15.5 Å². The average molecular weight is 231 g/mol. The zero-order valence-corrected chi connectivity index (χ0v) is 9.92. The maximum atomic E-state index is 11.7. The Morgan fingerprint density at radius 2 is 2.40 bits per heavy atom. The molecule has 1 heterocycles. The Morgan fingerprint density at radius 3 is 2.87 bits per heavy atom. The molecule has 1 aliphatic heterocycles. The van der Waals surface area contributed by atoms with Gasteiger partial charge in [0.05, 0.1) is 0 Å². The highest BCUT2D eigenvalue weighted by Crippen LogP contribution is 2.16. The van der Waals surface area contributed by atoms with Gasteiger partial charge in [-0.2, -0.15) is 0 Å². The summed E-state index contributed by atoms with van der Waals surface area (Å²) in [4.78, 5) is 26.1. The van der Waals surface area contributed by atoms with E-state index in [2.05, 4.69) is 0 Å². The number of amides is 2. The maximum absolute atomic E-state index is 11.7. The van der Waals surface area contributed by atoms with E-state index in [1.54, 1.807) is 16.8 Å². The molecule has 5 nitrogen and oxygen atoms in total. The molecule has 2 N–H and O–H groups in total. The predicted molar refractivity (Wildman–Crippen MR) is 60.7 cm³/mol. The first kappa shape index (κ1) is 12.3. The van der Waals surface area contributed by atoms with Crippen molar-refractivity contribution in [3.05, 3.63) is 0 Å². The second-order valence-corrected chi connectivity index (χ2v) is 4.67. The van der Waals surface area contributed by atoms with E-state index >= 15 is 0 Å². The molecular formula is C9H17N3O2S. The van der Waals surface area contributed by atoms with Gasteiger partial charge in [-0.25, -0.2) is 0 Å². The second-order valence-electron chi connectivity index (χ2n) is 3.63. The number of hydrogen-bond donors (Lipinski definition) is 1. The van der Waals surface area contributed by atoms with E-state index in [1.165, 1.54) is 11.8 Å². The van der Waals surface area contributed by atoms with Gasteiger partial charge in [-0.3, -0.25) is 9.59 Å². The Morgan fingerprint density at radius 1 is 1.73 bits per heavy atom. The topological polar surface area (TPSA) is 66.6 Å². The summed E-state index contributed by atoms with van der Waals surface area (Å²) in [6, 6.07) is 0.0165. The van der Waals surface area contributed by atoms with E-state index in [1.807, 2.05) is 6.92 Å². The van der Waals surface area contributed by atoms with E-state index in [9.17, 15) is 9.59 Å². The molecule has 0 bridgehead atoms. The highest BCUT2D eigenvalue weighted by molar-refractivity contribution is 8.13. The maximum Gasteiger partial charge on any atom is 0.282 e. The molecule has 0 spiro atoms. The van der Waals surface area contributed by atoms with E-state index in [0.717, 1.165) is 5.75 Å². The number of thioether (sulfide) groups is 1. The Hall–Kier alpha value is -0.750. The van der Waals surface area contributed by atoms with Crippen molar-refractivity contribution in [2.45, 2.75) is 13.0 Å². The third kappa shape index (κ3) is 3.10. The molecule has 1 aliphatic rings. The fourth-order valence-electron chi connectivity index (χ4n) is 1.25. The number of nitrogens with zero attached hydrogens (tertiary/aromatic N) is 2. The second kappa shape index (κ2) is 5.37. The molecule has 1 rings (SSSR count). The standard InChI is InChI=1S/C9H17N3O2S/c1-7(5-10)11(2)8(13)6-12-3-4-15-9(12)14/h7H,3-6,10H2,1-2H3. The third-order valence-corrected chi connectivity index (χ3v) is 3.46. The minimum Gasteiger partial charge on any atom is -0.340 e. The first-order chi connectivity index (χ1) is 7.06. The van der Waals surface area contributed by atoms with Gasteiger partial charge in [0.25, 0.3) is 5.24 Å². The van der Waals surface area contributed by atoms with Crippen molar-refractivity contribution in [2.24, 2.45) is 5.73 Å². The molecule has 2 amide bonds. The van der Waals surface area contributed by atoms with Crippen LogP contribution >= 0.6 is 11.8 Å². The summed E-state index contributed by atoms with van der Waals surface area (Å²) >= 11 is 1.26. The summed E-state index contributed by atoms with van der Waals surface area (Å²) in [6.07, 6.45) is 0. The SMILES string of the molecule is CC(CN)N(C)C(=O)CN1CCSC1=O. The summed E-state index contributed by atoms with van der Waals surface area (Å²) in [5, 5.41) is -0.00264. The number of likely N-dealkylation sites (N-methyl/N-ethyl adjacent to an activating group) is 1. The normalized spacial score (nSPS) is 18.1. The van der Waals surface area contributed by atoms with Gasteiger partial charge in [-0.05, 0) is 6.92 Å². The largest absolute Gasteiger partial charge is 0.340 e. The molecule has 1 fully saturated rings. The van der Waals surface area contributed by atoms with Crippen molar-refractivity contribution in [1.82, 2.24) is 9.80 Å². The smallest absolute Gasteiger partial charge is 0.282 e. The van der Waals surface area contributed by atoms with Crippen molar-refractivity contribution < 1.29 is 9.59 Å². The van der Waals surface area contributed by atoms with Crippen LogP contribution in [0.15, 0.2) is 0 Å². The Bertz CT molecular complexity index is 260. The van der Waals surface area contributed by atoms with Crippen LogP contribution in [0.2, 0.25) is 0 Å². The minimum absolute atomic E-state index is 0.00264. The Balaban J connectivity index is 2.44. The van der Waals surface area contributed by atoms with Crippen LogP contribution in [0.1, 0.15) is 6.92 Å². The Labute approximate surface area is 94.0 Å². The summed E-state index contributed by atoms with van der Waals surface area (Å²) < 4.78 is 0. The zero-order valence-electron chi connectivity index (χ0n) is 9.10. The zero-order chi connectivity index (χ0) is 11.4. The molecule has 0 aliphatic carbocycles. The first-order valence-electron chi connectivity index (χ1n) is 4.93. The quantitative estimate of drug-likeness (QED) is 0.737. The van der Waals surface area contributed by atoms with Gasteiger partial charge in [0.2, 0.25) is 5.91 Å². The molecule has 86 valence electrons. The van der Waals surface area contributed by atoms with E-state index in [4.69, 9.17) is 5.73 Å². The van der Waals surface area contributed by atoms with Crippen LogP contribution in [-0.4, -0.2) is 59.4 Å². The highest BCUT2D eigenvalue weighted by atomic mass is 32.2. The van der Waals surface area contributed by atoms with Gasteiger partial charge in [0.1, 0.15) is 6.54 Å². The van der Waals surface area contributed by atoms with E-state index in [-0.39, 0.29) is 23.7 Å². The Kier molecular flexibility index (Phi) is 4.41. The molecule has 0 saturated carbocycles. The van der Waals surface area contributed by atoms with Gasteiger partial charge in [-0.15, -0.1) is 0 Å². The number of nitrogens with two attached hydrogens (primary N) is 1. The summed E-state index contributed by atoms with van der Waals surface area (Å²) in [7, 11) is 1.72. The van der Waals surface area contributed by atoms with Crippen LogP contribution in [0.25, 0.3) is 0 Å². The lowest BCUT2D eigenvalue weighted by Gasteiger charge is -2.25. The number of carbonyl (C=O) groups excluding carboxylic acids is 2. The molecule has 0 aromatic carbocycles. The summed E-state index contributed by atoms with van der Waals surface area (Å²) in [6.45, 7) is 3.16. The van der Waals surface area contributed by atoms with Crippen molar-refractivity contribution >= 4 is 22.9 Å². The lowest BCUT2D eigenvalue weighted by Crippen LogP contribution is -2.45. The van der Waals surface area contributed by atoms with Crippen LogP contribution in [0.4, 0.5) is 4.79 Å². The van der Waals surface area contributed by atoms with Crippen LogP contribution in [0.3, 0.4) is 0 Å². The molecule has 1 unspecified atom stereocenters. The molecule has 0 aromatic rings. The van der Waals surface area contributed by atoms with Crippen LogP contribution in [0.5, 0.6) is 0 Å². The van der Waals surface area contributed by atoms with Gasteiger partial charge in [-0.1, -0.05) is 11.8 Å². The molecule has 0 aromatic heterocycles. The van der Waals surface area contributed by atoms with Crippen molar-refractivity contribution in [3.63, 3.8) is 0 Å². The van der Waals surface area contributed by atoms with Gasteiger partial charge in [0.15, 0.2) is 0 Å². The molecule has 6 heteroatoms. The minimum atomic E-state index is -0.0520. The van der Waals surface area contributed by atoms with Crippen molar-refractivity contribution in [2.75, 3.05) is 32.4 Å². The highest BCUT2D eigenvalue weighted by Gasteiger charge is 2.25. The fourth-order valence-corrected chi connectivity index (χ4v) is 2.07. The van der Waals surface area contributed by atoms with Crippen LogP contribution in [-0.2, 0) is 4.79 Å². The molecule has 0 radical (unpaired) electrons. The number of rotatable bonds is 4. The van der Waals surface area contributed by atoms with Gasteiger partial charge in [0, 0.05) is 31.9 Å². The first-order valence-corrected chi connectivity index (χ1v) is 5.92. The number of hydrogen-bond acceptors (Lipinski definition) is 4. The monoisotopic (exact) mass is 231 g/mol. The summed E-state index contributed by atoms with van der Waals surface area (Å²) in [5.74, 6) is 0.728. The predicted octanol–water partition coefficient (Wildman–Crippen LogP) is -0.0392. The lowest BCUT2D eigenvalue weighted by molar-refractivity contribution is -0.131. The van der Waals surface area contributed by atoms with E-state index in [0.29, 0.717) is 13.1 Å². The van der Waals surface area contributed by atoms with Gasteiger partial charge >= 0.3 is 0 Å².